The fourth-order valence-corrected chi connectivity index (χ4v) is 3.36. The molecule has 0 aliphatic carbocycles. The highest BCUT2D eigenvalue weighted by Crippen LogP contribution is 2.21. The van der Waals surface area contributed by atoms with E-state index in [1.165, 1.54) is 16.0 Å². The molecule has 6 nitrogen and oxygen atoms in total. The predicted octanol–water partition coefficient (Wildman–Crippen LogP) is 3.29. The molecule has 1 N–H and O–H groups in total. The first-order chi connectivity index (χ1) is 12.0. The average molecular weight is 375 g/mol. The highest BCUT2D eigenvalue weighted by molar-refractivity contribution is 7.18. The summed E-state index contributed by atoms with van der Waals surface area (Å²) >= 11 is 7.29. The van der Waals surface area contributed by atoms with E-state index in [0.29, 0.717) is 27.4 Å². The van der Waals surface area contributed by atoms with Gasteiger partial charge in [0.05, 0.1) is 20.3 Å². The minimum atomic E-state index is -0.472. The van der Waals surface area contributed by atoms with E-state index in [2.05, 4.69) is 15.6 Å². The van der Waals surface area contributed by atoms with Gasteiger partial charge in [-0.25, -0.2) is 10.1 Å². The number of aryl methyl sites for hydroxylation is 1. The molecule has 0 aliphatic rings. The van der Waals surface area contributed by atoms with Gasteiger partial charge in [0.15, 0.2) is 5.69 Å². The Morgan fingerprint density at radius 2 is 2.00 bits per heavy atom. The van der Waals surface area contributed by atoms with Crippen molar-refractivity contribution in [2.45, 2.75) is 20.4 Å². The first-order valence-electron chi connectivity index (χ1n) is 7.61. The number of nitrogens with one attached hydrogen (secondary N) is 1. The van der Waals surface area contributed by atoms with Crippen LogP contribution in [0.15, 0.2) is 46.3 Å². The predicted molar refractivity (Wildman–Crippen MR) is 101 cm³/mol. The fourth-order valence-electron chi connectivity index (χ4n) is 2.37. The standard InChI is InChI=1S/C17H15ClN4O2S/c1-3-22-17(24)12-7-5-4-6-11(12)15(21-22)16(23)20-19-10(2)13-8-9-14(18)25-13/h4-9H,3H2,1-2H3,(H,20,23)/b19-10-. The smallest absolute Gasteiger partial charge is 0.267 e. The molecule has 2 heterocycles. The maximum absolute atomic E-state index is 12.6. The Morgan fingerprint density at radius 1 is 1.28 bits per heavy atom. The van der Waals surface area contributed by atoms with E-state index < -0.39 is 5.91 Å². The number of rotatable bonds is 4. The van der Waals surface area contributed by atoms with Crippen molar-refractivity contribution in [3.63, 3.8) is 0 Å². The molecular weight excluding hydrogens is 360 g/mol. The molecular formula is C17H15ClN4O2S. The molecule has 0 spiro atoms. The Balaban J connectivity index is 1.97. The van der Waals surface area contributed by atoms with Gasteiger partial charge in [-0.2, -0.15) is 10.2 Å². The molecule has 25 heavy (non-hydrogen) atoms. The highest BCUT2D eigenvalue weighted by atomic mass is 35.5. The number of halogens is 1. The van der Waals surface area contributed by atoms with Crippen molar-refractivity contribution in [2.75, 3.05) is 0 Å². The van der Waals surface area contributed by atoms with E-state index in [1.807, 2.05) is 6.07 Å². The third-order valence-electron chi connectivity index (χ3n) is 3.64. The summed E-state index contributed by atoms with van der Waals surface area (Å²) in [6.07, 6.45) is 0. The molecule has 8 heteroatoms. The highest BCUT2D eigenvalue weighted by Gasteiger charge is 2.16. The summed E-state index contributed by atoms with van der Waals surface area (Å²) in [5.74, 6) is -0.472. The minimum Gasteiger partial charge on any atom is -0.267 e. The summed E-state index contributed by atoms with van der Waals surface area (Å²) in [6, 6.07) is 10.5. The van der Waals surface area contributed by atoms with Crippen molar-refractivity contribution in [1.29, 1.82) is 0 Å². The van der Waals surface area contributed by atoms with Crippen molar-refractivity contribution in [2.24, 2.45) is 5.10 Å². The monoisotopic (exact) mass is 374 g/mol. The van der Waals surface area contributed by atoms with Crippen LogP contribution < -0.4 is 11.0 Å². The lowest BCUT2D eigenvalue weighted by molar-refractivity contribution is 0.0949. The van der Waals surface area contributed by atoms with Gasteiger partial charge in [0.25, 0.3) is 11.5 Å². The zero-order chi connectivity index (χ0) is 18.0. The summed E-state index contributed by atoms with van der Waals surface area (Å²) in [5.41, 5.74) is 3.09. The molecule has 0 saturated heterocycles. The number of hydrogen-bond acceptors (Lipinski definition) is 5. The van der Waals surface area contributed by atoms with Crippen LogP contribution in [0.1, 0.15) is 29.2 Å². The zero-order valence-corrected chi connectivity index (χ0v) is 15.2. The Hall–Kier alpha value is -2.51. The normalized spacial score (nSPS) is 11.7. The van der Waals surface area contributed by atoms with Crippen LogP contribution in [0, 0.1) is 0 Å². The van der Waals surface area contributed by atoms with Crippen LogP contribution in [0.5, 0.6) is 0 Å². The second-order valence-electron chi connectivity index (χ2n) is 5.26. The Morgan fingerprint density at radius 3 is 2.64 bits per heavy atom. The first kappa shape index (κ1) is 17.3. The second kappa shape index (κ2) is 7.16. The number of aromatic nitrogens is 2. The summed E-state index contributed by atoms with van der Waals surface area (Å²) in [6.45, 7) is 3.95. The van der Waals surface area contributed by atoms with Crippen molar-refractivity contribution in [3.8, 4) is 0 Å². The number of thiophene rings is 1. The first-order valence-corrected chi connectivity index (χ1v) is 8.81. The van der Waals surface area contributed by atoms with Gasteiger partial charge in [0, 0.05) is 11.9 Å². The summed E-state index contributed by atoms with van der Waals surface area (Å²) in [5, 5.41) is 9.24. The second-order valence-corrected chi connectivity index (χ2v) is 6.97. The van der Waals surface area contributed by atoms with Gasteiger partial charge < -0.3 is 0 Å². The van der Waals surface area contributed by atoms with Gasteiger partial charge in [-0.05, 0) is 32.0 Å². The fraction of sp³-hybridized carbons (Fsp3) is 0.176. The van der Waals surface area contributed by atoms with Gasteiger partial charge >= 0.3 is 0 Å². The number of carbonyl (C=O) groups excluding carboxylic acids is 1. The lowest BCUT2D eigenvalue weighted by Gasteiger charge is -2.08. The van der Waals surface area contributed by atoms with Gasteiger partial charge in [0.2, 0.25) is 0 Å². The van der Waals surface area contributed by atoms with Gasteiger partial charge in [0.1, 0.15) is 0 Å². The summed E-state index contributed by atoms with van der Waals surface area (Å²) in [7, 11) is 0. The Kier molecular flexibility index (Phi) is 4.96. The SMILES string of the molecule is CCn1nc(C(=O)N/N=C(/C)c2ccc(Cl)s2)c2ccccc2c1=O. The number of hydrogen-bond donors (Lipinski definition) is 1. The van der Waals surface area contributed by atoms with Crippen molar-refractivity contribution >= 4 is 45.3 Å². The summed E-state index contributed by atoms with van der Waals surface area (Å²) in [4.78, 5) is 25.7. The molecule has 1 aromatic carbocycles. The maximum Gasteiger partial charge on any atom is 0.292 e. The van der Waals surface area contributed by atoms with Crippen LogP contribution in [0.3, 0.4) is 0 Å². The number of carbonyl (C=O) groups is 1. The Labute approximate surface area is 152 Å². The zero-order valence-electron chi connectivity index (χ0n) is 13.6. The molecule has 2 aromatic heterocycles. The number of hydrazone groups is 1. The molecule has 0 atom stereocenters. The Bertz CT molecular complexity index is 1040. The third kappa shape index (κ3) is 3.47. The molecule has 0 saturated carbocycles. The van der Waals surface area contributed by atoms with Crippen LogP contribution in [0.2, 0.25) is 4.34 Å². The largest absolute Gasteiger partial charge is 0.292 e. The maximum atomic E-state index is 12.6. The summed E-state index contributed by atoms with van der Waals surface area (Å²) < 4.78 is 1.92. The van der Waals surface area contributed by atoms with E-state index in [0.717, 1.165) is 4.88 Å². The number of nitrogens with zero attached hydrogens (tertiary/aromatic N) is 3. The molecule has 0 unspecified atom stereocenters. The van der Waals surface area contributed by atoms with E-state index in [1.54, 1.807) is 44.2 Å². The molecule has 0 aliphatic heterocycles. The van der Waals surface area contributed by atoms with Crippen LogP contribution >= 0.6 is 22.9 Å². The quantitative estimate of drug-likeness (QED) is 0.562. The van der Waals surface area contributed by atoms with Crippen molar-refractivity contribution < 1.29 is 4.79 Å². The topological polar surface area (TPSA) is 76.3 Å². The van der Waals surface area contributed by atoms with Crippen LogP contribution in [-0.4, -0.2) is 21.4 Å². The van der Waals surface area contributed by atoms with Crippen molar-refractivity contribution in [3.05, 3.63) is 61.7 Å². The van der Waals surface area contributed by atoms with Crippen molar-refractivity contribution in [1.82, 2.24) is 15.2 Å². The molecule has 0 fully saturated rings. The minimum absolute atomic E-state index is 0.165. The van der Waals surface area contributed by atoms with Crippen LogP contribution in [0.4, 0.5) is 0 Å². The van der Waals surface area contributed by atoms with Crippen LogP contribution in [-0.2, 0) is 6.54 Å². The van der Waals surface area contributed by atoms with E-state index in [4.69, 9.17) is 11.6 Å². The molecule has 0 radical (unpaired) electrons. The molecule has 128 valence electrons. The molecule has 0 bridgehead atoms. The van der Waals surface area contributed by atoms with E-state index >= 15 is 0 Å². The lowest BCUT2D eigenvalue weighted by atomic mass is 10.1. The molecule has 3 rings (SSSR count). The van der Waals surface area contributed by atoms with E-state index in [9.17, 15) is 9.59 Å². The molecule has 3 aromatic rings. The third-order valence-corrected chi connectivity index (χ3v) is 4.98. The average Bonchev–Trinajstić information content (AvgIpc) is 3.06. The van der Waals surface area contributed by atoms with Gasteiger partial charge in [-0.3, -0.25) is 9.59 Å². The lowest BCUT2D eigenvalue weighted by Crippen LogP contribution is -2.28. The number of amides is 1. The number of benzene rings is 1. The van der Waals surface area contributed by atoms with E-state index in [-0.39, 0.29) is 11.3 Å². The number of fused-ring (bicyclic) bond motifs is 1. The van der Waals surface area contributed by atoms with Gasteiger partial charge in [-0.1, -0.05) is 29.8 Å². The van der Waals surface area contributed by atoms with Crippen LogP contribution in [0.25, 0.3) is 10.8 Å². The van der Waals surface area contributed by atoms with Gasteiger partial charge in [-0.15, -0.1) is 11.3 Å². The molecule has 1 amide bonds.